The Bertz CT molecular complexity index is 646. The number of nitrogens with one attached hydrogen (secondary N) is 1. The number of nitrogens with two attached hydrogens (primary N) is 1. The van der Waals surface area contributed by atoms with Crippen LogP contribution in [0.15, 0.2) is 18.2 Å². The van der Waals surface area contributed by atoms with Crippen molar-refractivity contribution in [3.8, 4) is 0 Å². The SMILES string of the molecule is NC(=O)N1CCC[C@H](C(=O)Nc2cc(F)ccc2N2CCCCC2)C1. The number of hydrogen-bond acceptors (Lipinski definition) is 3. The molecule has 6 nitrogen and oxygen atoms in total. The van der Waals surface area contributed by atoms with E-state index in [1.165, 1.54) is 23.5 Å². The largest absolute Gasteiger partial charge is 0.370 e. The van der Waals surface area contributed by atoms with Crippen molar-refractivity contribution in [3.63, 3.8) is 0 Å². The van der Waals surface area contributed by atoms with Crippen LogP contribution in [0.25, 0.3) is 0 Å². The summed E-state index contributed by atoms with van der Waals surface area (Å²) in [6.45, 7) is 2.72. The van der Waals surface area contributed by atoms with Crippen LogP contribution in [0, 0.1) is 11.7 Å². The van der Waals surface area contributed by atoms with E-state index in [1.807, 2.05) is 0 Å². The highest BCUT2D eigenvalue weighted by Crippen LogP contribution is 2.30. The molecule has 1 aromatic carbocycles. The Balaban J connectivity index is 1.74. The molecule has 0 unspecified atom stereocenters. The molecular formula is C18H25FN4O2. The standard InChI is InChI=1S/C18H25FN4O2/c19-14-6-7-16(22-8-2-1-3-9-22)15(11-14)21-17(24)13-5-4-10-23(12-13)18(20)25/h6-7,11,13H,1-5,8-10,12H2,(H2,20,25)(H,21,24)/t13-/m0/s1. The van der Waals surface area contributed by atoms with E-state index >= 15 is 0 Å². The molecule has 2 aliphatic rings. The van der Waals surface area contributed by atoms with Crippen LogP contribution in [0.5, 0.6) is 0 Å². The molecular weight excluding hydrogens is 323 g/mol. The molecule has 2 saturated heterocycles. The number of hydrogen-bond donors (Lipinski definition) is 2. The first kappa shape index (κ1) is 17.5. The van der Waals surface area contributed by atoms with Gasteiger partial charge in [-0.15, -0.1) is 0 Å². The van der Waals surface area contributed by atoms with Crippen molar-refractivity contribution >= 4 is 23.3 Å². The minimum atomic E-state index is -0.503. The summed E-state index contributed by atoms with van der Waals surface area (Å²) in [7, 11) is 0. The van der Waals surface area contributed by atoms with Crippen LogP contribution in [-0.2, 0) is 4.79 Å². The zero-order valence-electron chi connectivity index (χ0n) is 14.3. The summed E-state index contributed by atoms with van der Waals surface area (Å²) in [5.74, 6) is -0.882. The fourth-order valence-corrected chi connectivity index (χ4v) is 3.65. The fraction of sp³-hybridized carbons (Fsp3) is 0.556. The first-order chi connectivity index (χ1) is 12.0. The second kappa shape index (κ2) is 7.72. The molecule has 0 aliphatic carbocycles. The summed E-state index contributed by atoms with van der Waals surface area (Å²) < 4.78 is 13.7. The average molecular weight is 348 g/mol. The highest BCUT2D eigenvalue weighted by molar-refractivity contribution is 5.96. The number of anilines is 2. The number of benzene rings is 1. The van der Waals surface area contributed by atoms with Crippen molar-refractivity contribution in [2.45, 2.75) is 32.1 Å². The monoisotopic (exact) mass is 348 g/mol. The molecule has 2 fully saturated rings. The van der Waals surface area contributed by atoms with Gasteiger partial charge in [-0.2, -0.15) is 0 Å². The normalized spacial score (nSPS) is 21.1. The second-order valence-corrected chi connectivity index (χ2v) is 6.82. The van der Waals surface area contributed by atoms with Gasteiger partial charge in [-0.05, 0) is 50.3 Å². The Hall–Kier alpha value is -2.31. The predicted octanol–water partition coefficient (Wildman–Crippen LogP) is 2.55. The van der Waals surface area contributed by atoms with Crippen LogP contribution in [0.3, 0.4) is 0 Å². The number of amides is 3. The number of nitrogens with zero attached hydrogens (tertiary/aromatic N) is 2. The highest BCUT2D eigenvalue weighted by atomic mass is 19.1. The molecule has 0 saturated carbocycles. The summed E-state index contributed by atoms with van der Waals surface area (Å²) in [4.78, 5) is 27.7. The molecule has 0 bridgehead atoms. The summed E-state index contributed by atoms with van der Waals surface area (Å²) in [6.07, 6.45) is 4.83. The van der Waals surface area contributed by atoms with E-state index in [-0.39, 0.29) is 17.6 Å². The van der Waals surface area contributed by atoms with Gasteiger partial charge in [0.25, 0.3) is 0 Å². The van der Waals surface area contributed by atoms with Crippen molar-refractivity contribution in [1.29, 1.82) is 0 Å². The molecule has 0 spiro atoms. The lowest BCUT2D eigenvalue weighted by Gasteiger charge is -2.32. The first-order valence-electron chi connectivity index (χ1n) is 8.94. The average Bonchev–Trinajstić information content (AvgIpc) is 2.62. The molecule has 3 amide bonds. The Morgan fingerprint density at radius 3 is 2.60 bits per heavy atom. The molecule has 136 valence electrons. The van der Waals surface area contributed by atoms with Gasteiger partial charge in [0.05, 0.1) is 17.3 Å². The minimum Gasteiger partial charge on any atom is -0.370 e. The van der Waals surface area contributed by atoms with E-state index in [0.29, 0.717) is 25.2 Å². The number of urea groups is 1. The van der Waals surface area contributed by atoms with E-state index < -0.39 is 6.03 Å². The van der Waals surface area contributed by atoms with Gasteiger partial charge in [-0.3, -0.25) is 4.79 Å². The Morgan fingerprint density at radius 1 is 1.12 bits per heavy atom. The number of carbonyl (C=O) groups is 2. The molecule has 1 atom stereocenters. The molecule has 3 rings (SSSR count). The predicted molar refractivity (Wildman–Crippen MR) is 95.0 cm³/mol. The Kier molecular flexibility index (Phi) is 5.40. The van der Waals surface area contributed by atoms with Crippen molar-refractivity contribution < 1.29 is 14.0 Å². The molecule has 1 aromatic rings. The van der Waals surface area contributed by atoms with Crippen LogP contribution < -0.4 is 16.0 Å². The minimum absolute atomic E-state index is 0.185. The number of rotatable bonds is 3. The van der Waals surface area contributed by atoms with Crippen LogP contribution in [-0.4, -0.2) is 43.0 Å². The van der Waals surface area contributed by atoms with E-state index in [4.69, 9.17) is 5.73 Å². The number of halogens is 1. The molecule has 0 radical (unpaired) electrons. The maximum Gasteiger partial charge on any atom is 0.314 e. The zero-order valence-corrected chi connectivity index (χ0v) is 14.3. The quantitative estimate of drug-likeness (QED) is 0.881. The lowest BCUT2D eigenvalue weighted by atomic mass is 9.97. The molecule has 0 aromatic heterocycles. The van der Waals surface area contributed by atoms with E-state index in [1.54, 1.807) is 6.07 Å². The van der Waals surface area contributed by atoms with Gasteiger partial charge >= 0.3 is 6.03 Å². The third-order valence-electron chi connectivity index (χ3n) is 5.02. The van der Waals surface area contributed by atoms with Gasteiger partial charge in [-0.1, -0.05) is 0 Å². The number of piperidine rings is 2. The molecule has 2 heterocycles. The number of primary amides is 1. The summed E-state index contributed by atoms with van der Waals surface area (Å²) in [5, 5.41) is 2.88. The summed E-state index contributed by atoms with van der Waals surface area (Å²) >= 11 is 0. The third kappa shape index (κ3) is 4.21. The lowest BCUT2D eigenvalue weighted by molar-refractivity contribution is -0.121. The smallest absolute Gasteiger partial charge is 0.314 e. The van der Waals surface area contributed by atoms with Crippen molar-refractivity contribution in [2.24, 2.45) is 11.7 Å². The van der Waals surface area contributed by atoms with Crippen LogP contribution >= 0.6 is 0 Å². The first-order valence-corrected chi connectivity index (χ1v) is 8.94. The van der Waals surface area contributed by atoms with Gasteiger partial charge < -0.3 is 20.9 Å². The second-order valence-electron chi connectivity index (χ2n) is 6.82. The van der Waals surface area contributed by atoms with Crippen LogP contribution in [0.4, 0.5) is 20.6 Å². The van der Waals surface area contributed by atoms with Gasteiger partial charge in [0, 0.05) is 26.2 Å². The van der Waals surface area contributed by atoms with Crippen LogP contribution in [0.2, 0.25) is 0 Å². The van der Waals surface area contributed by atoms with E-state index in [2.05, 4.69) is 10.2 Å². The summed E-state index contributed by atoms with van der Waals surface area (Å²) in [5.41, 5.74) is 6.68. The maximum absolute atomic E-state index is 13.7. The van der Waals surface area contributed by atoms with Gasteiger partial charge in [0.15, 0.2) is 0 Å². The van der Waals surface area contributed by atoms with E-state index in [0.717, 1.165) is 38.0 Å². The van der Waals surface area contributed by atoms with Crippen molar-refractivity contribution in [1.82, 2.24) is 4.90 Å². The molecule has 2 aliphatic heterocycles. The topological polar surface area (TPSA) is 78.7 Å². The molecule has 7 heteroatoms. The third-order valence-corrected chi connectivity index (χ3v) is 5.02. The van der Waals surface area contributed by atoms with Gasteiger partial charge in [-0.25, -0.2) is 9.18 Å². The Morgan fingerprint density at radius 2 is 1.88 bits per heavy atom. The summed E-state index contributed by atoms with van der Waals surface area (Å²) in [6, 6.07) is 4.02. The van der Waals surface area contributed by atoms with E-state index in [9.17, 15) is 14.0 Å². The molecule has 25 heavy (non-hydrogen) atoms. The van der Waals surface area contributed by atoms with Crippen molar-refractivity contribution in [2.75, 3.05) is 36.4 Å². The van der Waals surface area contributed by atoms with Crippen molar-refractivity contribution in [3.05, 3.63) is 24.0 Å². The highest BCUT2D eigenvalue weighted by Gasteiger charge is 2.28. The van der Waals surface area contributed by atoms with Gasteiger partial charge in [0.1, 0.15) is 5.82 Å². The zero-order chi connectivity index (χ0) is 17.8. The lowest BCUT2D eigenvalue weighted by Crippen LogP contribution is -2.46. The number of carbonyl (C=O) groups excluding carboxylic acids is 2. The Labute approximate surface area is 147 Å². The molecule has 3 N–H and O–H groups in total. The number of likely N-dealkylation sites (tertiary alicyclic amines) is 1. The van der Waals surface area contributed by atoms with Gasteiger partial charge in [0.2, 0.25) is 5.91 Å². The maximum atomic E-state index is 13.7. The fourth-order valence-electron chi connectivity index (χ4n) is 3.65. The van der Waals surface area contributed by atoms with Crippen LogP contribution in [0.1, 0.15) is 32.1 Å².